The average Bonchev–Trinajstić information content (AvgIpc) is 3.10. The molecule has 0 atom stereocenters. The fourth-order valence-electron chi connectivity index (χ4n) is 2.73. The van der Waals surface area contributed by atoms with Gasteiger partial charge in [-0.1, -0.05) is 63.6 Å². The van der Waals surface area contributed by atoms with Crippen LogP contribution in [0.15, 0.2) is 81.8 Å². The van der Waals surface area contributed by atoms with Crippen molar-refractivity contribution in [2.45, 2.75) is 6.61 Å². The molecule has 4 aromatic rings. The van der Waals surface area contributed by atoms with Gasteiger partial charge in [0.05, 0.1) is 10.9 Å². The second-order valence-corrected chi connectivity index (χ2v) is 6.73. The first-order valence-electron chi connectivity index (χ1n) is 8.07. The van der Waals surface area contributed by atoms with E-state index in [1.54, 1.807) is 18.2 Å². The quantitative estimate of drug-likeness (QED) is 0.412. The summed E-state index contributed by atoms with van der Waals surface area (Å²) in [4.78, 5) is 12.4. The highest BCUT2D eigenvalue weighted by molar-refractivity contribution is 9.10. The zero-order chi connectivity index (χ0) is 17.9. The molecular weight excluding hydrogens is 394 g/mol. The highest BCUT2D eigenvalue weighted by atomic mass is 79.9. The third-order valence-electron chi connectivity index (χ3n) is 4.01. The Balaban J connectivity index is 1.59. The van der Waals surface area contributed by atoms with Crippen LogP contribution in [0.5, 0.6) is 0 Å². The van der Waals surface area contributed by atoms with Crippen LogP contribution < -0.4 is 0 Å². The molecule has 0 N–H and O–H groups in total. The summed E-state index contributed by atoms with van der Waals surface area (Å²) in [6.45, 7) is 0.214. The Morgan fingerprint density at radius 2 is 1.85 bits per heavy atom. The largest absolute Gasteiger partial charge is 0.457 e. The smallest absolute Gasteiger partial charge is 0.338 e. The Morgan fingerprint density at radius 1 is 1.00 bits per heavy atom. The number of carbonyl (C=O) groups is 1. The number of nitrogens with zero attached hydrogens (tertiary/aromatic N) is 1. The lowest BCUT2D eigenvalue weighted by molar-refractivity contribution is 0.0473. The van der Waals surface area contributed by atoms with Crippen LogP contribution in [0.1, 0.15) is 15.9 Å². The molecule has 26 heavy (non-hydrogen) atoms. The van der Waals surface area contributed by atoms with Crippen molar-refractivity contribution in [3.8, 4) is 11.3 Å². The van der Waals surface area contributed by atoms with Crippen molar-refractivity contribution in [3.05, 3.63) is 88.4 Å². The van der Waals surface area contributed by atoms with E-state index in [4.69, 9.17) is 9.26 Å². The first-order chi connectivity index (χ1) is 12.7. The molecule has 4 rings (SSSR count). The first-order valence-corrected chi connectivity index (χ1v) is 8.86. The van der Waals surface area contributed by atoms with Gasteiger partial charge in [0.15, 0.2) is 5.76 Å². The predicted molar refractivity (Wildman–Crippen MR) is 103 cm³/mol. The van der Waals surface area contributed by atoms with Crippen LogP contribution in [0.3, 0.4) is 0 Å². The van der Waals surface area contributed by atoms with Crippen molar-refractivity contribution >= 4 is 32.8 Å². The van der Waals surface area contributed by atoms with E-state index in [1.807, 2.05) is 54.6 Å². The van der Waals surface area contributed by atoms with E-state index in [0.29, 0.717) is 16.8 Å². The molecule has 0 aliphatic rings. The van der Waals surface area contributed by atoms with Crippen LogP contribution in [-0.4, -0.2) is 11.1 Å². The van der Waals surface area contributed by atoms with Gasteiger partial charge >= 0.3 is 5.97 Å². The van der Waals surface area contributed by atoms with Gasteiger partial charge in [-0.15, -0.1) is 0 Å². The van der Waals surface area contributed by atoms with E-state index >= 15 is 0 Å². The van der Waals surface area contributed by atoms with Crippen LogP contribution in [0.25, 0.3) is 22.2 Å². The summed E-state index contributed by atoms with van der Waals surface area (Å²) in [6, 6.07) is 22.6. The molecule has 0 bridgehead atoms. The molecule has 0 aliphatic heterocycles. The van der Waals surface area contributed by atoms with Crippen molar-refractivity contribution < 1.29 is 14.1 Å². The Bertz CT molecular complexity index is 1070. The van der Waals surface area contributed by atoms with E-state index in [-0.39, 0.29) is 12.6 Å². The molecule has 4 nitrogen and oxygen atoms in total. The van der Waals surface area contributed by atoms with Crippen molar-refractivity contribution in [2.75, 3.05) is 0 Å². The molecule has 0 spiro atoms. The van der Waals surface area contributed by atoms with Crippen LogP contribution in [0.2, 0.25) is 0 Å². The molecule has 0 saturated heterocycles. The normalized spacial score (nSPS) is 10.8. The van der Waals surface area contributed by atoms with E-state index in [1.165, 1.54) is 0 Å². The van der Waals surface area contributed by atoms with E-state index in [0.717, 1.165) is 21.0 Å². The van der Waals surface area contributed by atoms with Crippen LogP contribution in [-0.2, 0) is 11.3 Å². The molecular formula is C21H14BrNO3. The number of halogens is 1. The minimum atomic E-state index is -0.382. The molecule has 0 unspecified atom stereocenters. The lowest BCUT2D eigenvalue weighted by atomic mass is 10.1. The lowest BCUT2D eigenvalue weighted by Crippen LogP contribution is -2.05. The average molecular weight is 408 g/mol. The summed E-state index contributed by atoms with van der Waals surface area (Å²) in [5, 5.41) is 4.85. The van der Waals surface area contributed by atoms with Gasteiger partial charge in [-0.3, -0.25) is 0 Å². The minimum absolute atomic E-state index is 0.214. The Kier molecular flexibility index (Phi) is 4.54. The number of ether oxygens (including phenoxy) is 1. The number of hydrogen-bond donors (Lipinski definition) is 0. The summed E-state index contributed by atoms with van der Waals surface area (Å²) in [6.07, 6.45) is 0. The summed E-state index contributed by atoms with van der Waals surface area (Å²) < 4.78 is 11.8. The number of carbonyl (C=O) groups excluding carboxylic acids is 1. The maximum absolute atomic E-state index is 12.4. The van der Waals surface area contributed by atoms with E-state index in [9.17, 15) is 4.79 Å². The first kappa shape index (κ1) is 16.5. The van der Waals surface area contributed by atoms with Crippen molar-refractivity contribution in [1.29, 1.82) is 0 Å². The van der Waals surface area contributed by atoms with Gasteiger partial charge in [-0.2, -0.15) is 0 Å². The minimum Gasteiger partial charge on any atom is -0.457 e. The molecule has 0 amide bonds. The zero-order valence-electron chi connectivity index (χ0n) is 13.7. The molecule has 1 heterocycles. The Morgan fingerprint density at radius 3 is 2.65 bits per heavy atom. The zero-order valence-corrected chi connectivity index (χ0v) is 15.3. The van der Waals surface area contributed by atoms with Crippen molar-refractivity contribution in [2.24, 2.45) is 0 Å². The second-order valence-electron chi connectivity index (χ2n) is 5.82. The number of fused-ring (bicyclic) bond motifs is 1. The van der Waals surface area contributed by atoms with E-state index < -0.39 is 0 Å². The summed E-state index contributed by atoms with van der Waals surface area (Å²) >= 11 is 3.41. The number of hydrogen-bond acceptors (Lipinski definition) is 4. The highest BCUT2D eigenvalue weighted by Crippen LogP contribution is 2.29. The number of rotatable bonds is 4. The predicted octanol–water partition coefficient (Wildman–Crippen LogP) is 5.61. The number of esters is 1. The summed E-state index contributed by atoms with van der Waals surface area (Å²) in [5.74, 6) is 0.259. The Hall–Kier alpha value is -2.92. The second kappa shape index (κ2) is 7.14. The highest BCUT2D eigenvalue weighted by Gasteiger charge is 2.14. The van der Waals surface area contributed by atoms with Gasteiger partial charge in [-0.05, 0) is 35.9 Å². The summed E-state index contributed by atoms with van der Waals surface area (Å²) in [5.41, 5.74) is 3.00. The molecule has 0 saturated carbocycles. The van der Waals surface area contributed by atoms with Crippen molar-refractivity contribution in [3.63, 3.8) is 0 Å². The number of benzene rings is 3. The SMILES string of the molecule is O=C(OCc1cccc(Br)c1)c1ccc2noc(-c3ccccc3)c2c1. The third kappa shape index (κ3) is 3.39. The lowest BCUT2D eigenvalue weighted by Gasteiger charge is -2.05. The third-order valence-corrected chi connectivity index (χ3v) is 4.50. The van der Waals surface area contributed by atoms with Crippen LogP contribution >= 0.6 is 15.9 Å². The molecule has 128 valence electrons. The molecule has 0 fully saturated rings. The van der Waals surface area contributed by atoms with Crippen molar-refractivity contribution in [1.82, 2.24) is 5.16 Å². The standard InChI is InChI=1S/C21H14BrNO3/c22-17-8-4-5-14(11-17)13-25-21(24)16-9-10-19-18(12-16)20(26-23-19)15-6-2-1-3-7-15/h1-12H,13H2. The summed E-state index contributed by atoms with van der Waals surface area (Å²) in [7, 11) is 0. The van der Waals surface area contributed by atoms with Crippen LogP contribution in [0.4, 0.5) is 0 Å². The Labute approximate surface area is 158 Å². The molecule has 3 aromatic carbocycles. The molecule has 5 heteroatoms. The fraction of sp³-hybridized carbons (Fsp3) is 0.0476. The molecule has 1 aromatic heterocycles. The van der Waals surface area contributed by atoms with Gasteiger partial charge in [0.25, 0.3) is 0 Å². The molecule has 0 radical (unpaired) electrons. The monoisotopic (exact) mass is 407 g/mol. The van der Waals surface area contributed by atoms with Gasteiger partial charge in [0, 0.05) is 10.0 Å². The number of aromatic nitrogens is 1. The maximum Gasteiger partial charge on any atom is 0.338 e. The van der Waals surface area contributed by atoms with Gasteiger partial charge in [-0.25, -0.2) is 4.79 Å². The fourth-order valence-corrected chi connectivity index (χ4v) is 3.17. The van der Waals surface area contributed by atoms with Gasteiger partial charge in [0.1, 0.15) is 12.1 Å². The van der Waals surface area contributed by atoms with Gasteiger partial charge < -0.3 is 9.26 Å². The molecule has 0 aliphatic carbocycles. The van der Waals surface area contributed by atoms with Crippen LogP contribution in [0, 0.1) is 0 Å². The topological polar surface area (TPSA) is 52.3 Å². The maximum atomic E-state index is 12.4. The van der Waals surface area contributed by atoms with Gasteiger partial charge in [0.2, 0.25) is 0 Å². The van der Waals surface area contributed by atoms with E-state index in [2.05, 4.69) is 21.1 Å².